The Labute approximate surface area is 186 Å². The number of hydrogen-bond donors (Lipinski definition) is 4. The fourth-order valence-electron chi connectivity index (χ4n) is 3.68. The van der Waals surface area contributed by atoms with Gasteiger partial charge in [-0.25, -0.2) is 9.59 Å². The normalized spacial score (nSPS) is 15.5. The van der Waals surface area contributed by atoms with Gasteiger partial charge in [0.15, 0.2) is 6.04 Å². The molecule has 0 spiro atoms. The van der Waals surface area contributed by atoms with Crippen LogP contribution in [0.25, 0.3) is 11.1 Å². The van der Waals surface area contributed by atoms with E-state index in [4.69, 9.17) is 9.84 Å². The summed E-state index contributed by atoms with van der Waals surface area (Å²) >= 11 is 0. The van der Waals surface area contributed by atoms with Crippen molar-refractivity contribution in [3.63, 3.8) is 0 Å². The zero-order valence-corrected chi connectivity index (χ0v) is 17.3. The fourth-order valence-corrected chi connectivity index (χ4v) is 3.68. The third kappa shape index (κ3) is 5.25. The number of carboxylic acid groups (broad SMARTS) is 1. The molecule has 2 amide bonds. The minimum Gasteiger partial charge on any atom is -0.480 e. The summed E-state index contributed by atoms with van der Waals surface area (Å²) in [6.45, 7) is 0.706. The van der Waals surface area contributed by atoms with E-state index in [0.29, 0.717) is 0 Å². The number of aliphatic carboxylic acids is 1. The van der Waals surface area contributed by atoms with Gasteiger partial charge < -0.3 is 25.6 Å². The van der Waals surface area contributed by atoms with E-state index in [9.17, 15) is 32.7 Å². The number of alkyl halides is 3. The molecule has 1 aliphatic rings. The molecule has 1 aliphatic carbocycles. The van der Waals surface area contributed by atoms with Crippen LogP contribution in [0.3, 0.4) is 0 Å². The average Bonchev–Trinajstić information content (AvgIpc) is 3.06. The summed E-state index contributed by atoms with van der Waals surface area (Å²) in [6.07, 6.45) is -8.41. The van der Waals surface area contributed by atoms with Gasteiger partial charge in [0.05, 0.1) is 6.10 Å². The van der Waals surface area contributed by atoms with Crippen molar-refractivity contribution >= 4 is 18.0 Å². The number of nitrogens with one attached hydrogen (secondary N) is 2. The van der Waals surface area contributed by atoms with E-state index in [0.717, 1.165) is 29.2 Å². The minimum atomic E-state index is -5.24. The van der Waals surface area contributed by atoms with Crippen LogP contribution in [-0.2, 0) is 14.3 Å². The Bertz CT molecular complexity index is 1010. The average molecular weight is 466 g/mol. The summed E-state index contributed by atoms with van der Waals surface area (Å²) in [6, 6.07) is 9.64. The van der Waals surface area contributed by atoms with E-state index in [2.05, 4.69) is 0 Å². The van der Waals surface area contributed by atoms with Crippen molar-refractivity contribution < 1.29 is 42.5 Å². The molecule has 2 aromatic rings. The first-order valence-electron chi connectivity index (χ1n) is 9.90. The van der Waals surface area contributed by atoms with Crippen molar-refractivity contribution in [3.05, 3.63) is 59.7 Å². The number of amides is 2. The van der Waals surface area contributed by atoms with Crippen LogP contribution >= 0.6 is 0 Å². The maximum Gasteiger partial charge on any atom is 0.417 e. The second-order valence-corrected chi connectivity index (χ2v) is 7.51. The maximum atomic E-state index is 13.4. The molecule has 1 unspecified atom stereocenters. The van der Waals surface area contributed by atoms with Gasteiger partial charge in [-0.3, -0.25) is 4.79 Å². The lowest BCUT2D eigenvalue weighted by atomic mass is 9.98. The number of aliphatic hydroxyl groups is 1. The Hall–Kier alpha value is -3.60. The highest BCUT2D eigenvalue weighted by atomic mass is 19.4. The number of carbonyl (C=O) groups excluding carboxylic acids is 2. The van der Waals surface area contributed by atoms with Gasteiger partial charge in [0, 0.05) is 5.92 Å². The molecule has 3 atom stereocenters. The van der Waals surface area contributed by atoms with Crippen LogP contribution in [-0.4, -0.2) is 59.2 Å². The van der Waals surface area contributed by atoms with Crippen molar-refractivity contribution in [2.45, 2.75) is 37.2 Å². The third-order valence-corrected chi connectivity index (χ3v) is 5.24. The molecule has 4 N–H and O–H groups in total. The molecule has 0 fully saturated rings. The van der Waals surface area contributed by atoms with Gasteiger partial charge in [-0.05, 0) is 29.2 Å². The van der Waals surface area contributed by atoms with Crippen LogP contribution in [0.5, 0.6) is 0 Å². The van der Waals surface area contributed by atoms with Crippen molar-refractivity contribution in [2.75, 3.05) is 6.61 Å². The number of rotatable bonds is 7. The highest BCUT2D eigenvalue weighted by Crippen LogP contribution is 2.44. The first kappa shape index (κ1) is 24.1. The first-order chi connectivity index (χ1) is 15.5. The molecule has 0 radical (unpaired) electrons. The van der Waals surface area contributed by atoms with Gasteiger partial charge in [-0.1, -0.05) is 48.5 Å². The largest absolute Gasteiger partial charge is 0.480 e. The number of ether oxygens (including phenoxy) is 1. The van der Waals surface area contributed by atoms with Crippen LogP contribution in [0, 0.1) is 0 Å². The summed E-state index contributed by atoms with van der Waals surface area (Å²) in [7, 11) is 0. The zero-order chi connectivity index (χ0) is 24.3. The predicted molar refractivity (Wildman–Crippen MR) is 109 cm³/mol. The summed E-state index contributed by atoms with van der Waals surface area (Å²) in [5.41, 5.74) is 3.54. The third-order valence-electron chi connectivity index (χ3n) is 5.24. The van der Waals surface area contributed by atoms with Crippen LogP contribution in [0.15, 0.2) is 48.5 Å². The first-order valence-corrected chi connectivity index (χ1v) is 9.90. The lowest BCUT2D eigenvalue weighted by Gasteiger charge is -2.24. The monoisotopic (exact) mass is 466 g/mol. The van der Waals surface area contributed by atoms with E-state index in [1.807, 2.05) is 36.4 Å². The highest BCUT2D eigenvalue weighted by molar-refractivity contribution is 5.90. The number of hydrogen-bond acceptors (Lipinski definition) is 5. The van der Waals surface area contributed by atoms with Gasteiger partial charge >= 0.3 is 18.2 Å². The summed E-state index contributed by atoms with van der Waals surface area (Å²) in [5, 5.41) is 21.3. The molecule has 11 heteroatoms. The lowest BCUT2D eigenvalue weighted by Crippen LogP contribution is -2.59. The van der Waals surface area contributed by atoms with E-state index in [-0.39, 0.29) is 6.61 Å². The second kappa shape index (κ2) is 9.49. The standard InChI is InChI=1S/C22H21F3N2O6/c1-11(28)17(20(30)31)26-19(29)18(22(23,24)25)27-21(32)33-10-16-14-8-4-2-6-12(14)13-7-3-5-9-15(13)16/h2-9,11,16-18,28H,10H2,1H3,(H,26,29)(H,27,32)(H,30,31)/t11-,17+,18?/m1/s1. The minimum absolute atomic E-state index is 0.280. The van der Waals surface area contributed by atoms with E-state index >= 15 is 0 Å². The molecule has 2 aromatic carbocycles. The van der Waals surface area contributed by atoms with Gasteiger partial charge in [-0.15, -0.1) is 0 Å². The molecule has 0 saturated heterocycles. The molecule has 3 rings (SSSR count). The lowest BCUT2D eigenvalue weighted by molar-refractivity contribution is -0.170. The second-order valence-electron chi connectivity index (χ2n) is 7.51. The number of aliphatic hydroxyl groups excluding tert-OH is 1. The van der Waals surface area contributed by atoms with Crippen molar-refractivity contribution in [1.82, 2.24) is 10.6 Å². The van der Waals surface area contributed by atoms with Gasteiger partial charge in [0.1, 0.15) is 6.61 Å². The molecule has 0 aromatic heterocycles. The molecule has 0 heterocycles. The molecule has 0 bridgehead atoms. The van der Waals surface area contributed by atoms with Crippen LogP contribution in [0.1, 0.15) is 24.0 Å². The molecule has 33 heavy (non-hydrogen) atoms. The fraction of sp³-hybridized carbons (Fsp3) is 0.318. The molecule has 0 saturated carbocycles. The van der Waals surface area contributed by atoms with Gasteiger partial charge in [0.2, 0.25) is 6.04 Å². The Morgan fingerprint density at radius 1 is 1.00 bits per heavy atom. The zero-order valence-electron chi connectivity index (χ0n) is 17.3. The molecule has 176 valence electrons. The number of carboxylic acids is 1. The SMILES string of the molecule is C[C@@H](O)[C@H](NC(=O)C(NC(=O)OCC1c2ccccc2-c2ccccc21)C(F)(F)F)C(=O)O. The molecule has 8 nitrogen and oxygen atoms in total. The smallest absolute Gasteiger partial charge is 0.417 e. The Morgan fingerprint density at radius 3 is 1.97 bits per heavy atom. The van der Waals surface area contributed by atoms with E-state index in [1.54, 1.807) is 17.4 Å². The van der Waals surface area contributed by atoms with Crippen LogP contribution in [0.2, 0.25) is 0 Å². The Balaban J connectivity index is 1.71. The summed E-state index contributed by atoms with van der Waals surface area (Å²) < 4.78 is 45.2. The Morgan fingerprint density at radius 2 is 1.52 bits per heavy atom. The molecular formula is C22H21F3N2O6. The topological polar surface area (TPSA) is 125 Å². The van der Waals surface area contributed by atoms with Gasteiger partial charge in [0.25, 0.3) is 5.91 Å². The van der Waals surface area contributed by atoms with Gasteiger partial charge in [-0.2, -0.15) is 13.2 Å². The number of benzene rings is 2. The van der Waals surface area contributed by atoms with Crippen LogP contribution in [0.4, 0.5) is 18.0 Å². The van der Waals surface area contributed by atoms with Crippen LogP contribution < -0.4 is 10.6 Å². The number of halogens is 3. The Kier molecular flexibility index (Phi) is 6.92. The van der Waals surface area contributed by atoms with Crippen molar-refractivity contribution in [3.8, 4) is 11.1 Å². The quantitative estimate of drug-likeness (QED) is 0.497. The van der Waals surface area contributed by atoms with Crippen molar-refractivity contribution in [1.29, 1.82) is 0 Å². The number of alkyl carbamates (subject to hydrolysis) is 1. The number of carbonyl (C=O) groups is 3. The van der Waals surface area contributed by atoms with E-state index < -0.39 is 48.3 Å². The van der Waals surface area contributed by atoms with E-state index in [1.165, 1.54) is 5.32 Å². The van der Waals surface area contributed by atoms with Crippen molar-refractivity contribution in [2.24, 2.45) is 0 Å². The summed E-state index contributed by atoms with van der Waals surface area (Å²) in [5.74, 6) is -3.99. The predicted octanol–water partition coefficient (Wildman–Crippen LogP) is 2.41. The number of fused-ring (bicyclic) bond motifs is 3. The maximum absolute atomic E-state index is 13.4. The summed E-state index contributed by atoms with van der Waals surface area (Å²) in [4.78, 5) is 35.3. The highest BCUT2D eigenvalue weighted by Gasteiger charge is 2.47. The molecular weight excluding hydrogens is 445 g/mol. The molecule has 0 aliphatic heterocycles.